The van der Waals surface area contributed by atoms with Crippen molar-refractivity contribution in [1.82, 2.24) is 19.1 Å². The number of para-hydroxylation sites is 3. The van der Waals surface area contributed by atoms with Gasteiger partial charge in [-0.05, 0) is 98.4 Å². The van der Waals surface area contributed by atoms with Gasteiger partial charge in [-0.25, -0.2) is 9.97 Å². The molecule has 0 radical (unpaired) electrons. The first-order valence-electron chi connectivity index (χ1n) is 21.9. The molecule has 0 bridgehead atoms. The molecule has 0 saturated carbocycles. The lowest BCUT2D eigenvalue weighted by atomic mass is 9.97. The van der Waals surface area contributed by atoms with E-state index in [0.717, 1.165) is 50.1 Å². The van der Waals surface area contributed by atoms with E-state index in [9.17, 15) is 0 Å². The van der Waals surface area contributed by atoms with Gasteiger partial charge < -0.3 is 9.13 Å². The molecule has 0 aliphatic heterocycles. The fourth-order valence-corrected chi connectivity index (χ4v) is 10.5. The smallest absolute Gasteiger partial charge is 0.160 e. The van der Waals surface area contributed by atoms with Gasteiger partial charge in [-0.15, -0.1) is 0 Å². The van der Waals surface area contributed by atoms with Crippen molar-refractivity contribution in [2.75, 3.05) is 0 Å². The Morgan fingerprint density at radius 2 is 0.906 bits per heavy atom. The van der Waals surface area contributed by atoms with Crippen LogP contribution >= 0.6 is 0 Å². The lowest BCUT2D eigenvalue weighted by Crippen LogP contribution is -1.98. The molecule has 0 unspecified atom stereocenters. The van der Waals surface area contributed by atoms with Crippen molar-refractivity contribution in [2.45, 2.75) is 0 Å². The predicted molar refractivity (Wildman–Crippen MR) is 269 cm³/mol. The van der Waals surface area contributed by atoms with Crippen molar-refractivity contribution in [3.63, 3.8) is 0 Å². The molecule has 0 aliphatic rings. The summed E-state index contributed by atoms with van der Waals surface area (Å²) in [6, 6.07) is 79.3. The van der Waals surface area contributed by atoms with Gasteiger partial charge in [-0.2, -0.15) is 0 Å². The van der Waals surface area contributed by atoms with Crippen molar-refractivity contribution < 1.29 is 0 Å². The number of nitrogens with zero attached hydrogens (tertiary/aromatic N) is 4. The molecule has 0 saturated heterocycles. The number of benzene rings is 11. The SMILES string of the molecule is c1cc(-c2nc(-c3ccc4ccc5ccccc5c4c3)c3ccccc3n2)cc(-n2c3ccccc3c3cc4ccc(-n5c6ccccc6c6ccc7ccccc7c65)cc4cc32)c1. The molecule has 64 heavy (non-hydrogen) atoms. The van der Waals surface area contributed by atoms with Crippen LogP contribution in [-0.2, 0) is 0 Å². The molecular formula is C60H36N4. The summed E-state index contributed by atoms with van der Waals surface area (Å²) >= 11 is 0. The van der Waals surface area contributed by atoms with Crippen LogP contribution in [0, 0.1) is 0 Å². The van der Waals surface area contributed by atoms with Crippen LogP contribution in [0.2, 0.25) is 0 Å². The van der Waals surface area contributed by atoms with E-state index in [1.165, 1.54) is 75.7 Å². The molecule has 4 heteroatoms. The van der Waals surface area contributed by atoms with E-state index in [1.807, 2.05) is 0 Å². The van der Waals surface area contributed by atoms with Gasteiger partial charge in [0, 0.05) is 54.8 Å². The molecule has 4 nitrogen and oxygen atoms in total. The minimum absolute atomic E-state index is 0.697. The summed E-state index contributed by atoms with van der Waals surface area (Å²) < 4.78 is 4.86. The molecule has 296 valence electrons. The number of aromatic nitrogens is 4. The van der Waals surface area contributed by atoms with E-state index < -0.39 is 0 Å². The van der Waals surface area contributed by atoms with Crippen LogP contribution in [0.3, 0.4) is 0 Å². The molecular weight excluding hydrogens is 777 g/mol. The van der Waals surface area contributed by atoms with Crippen LogP contribution in [0.15, 0.2) is 218 Å². The third-order valence-corrected chi connectivity index (χ3v) is 13.4. The minimum atomic E-state index is 0.697. The van der Waals surface area contributed by atoms with Gasteiger partial charge in [0.2, 0.25) is 0 Å². The van der Waals surface area contributed by atoms with Crippen LogP contribution < -0.4 is 0 Å². The zero-order chi connectivity index (χ0) is 41.9. The Morgan fingerprint density at radius 1 is 0.281 bits per heavy atom. The maximum absolute atomic E-state index is 5.39. The van der Waals surface area contributed by atoms with Crippen LogP contribution in [-0.4, -0.2) is 19.1 Å². The normalized spacial score (nSPS) is 12.1. The monoisotopic (exact) mass is 812 g/mol. The fraction of sp³-hybridized carbons (Fsp3) is 0. The second-order valence-electron chi connectivity index (χ2n) is 17.0. The van der Waals surface area contributed by atoms with Crippen LogP contribution in [0.25, 0.3) is 132 Å². The molecule has 11 aromatic carbocycles. The van der Waals surface area contributed by atoms with Gasteiger partial charge in [0.05, 0.1) is 33.3 Å². The minimum Gasteiger partial charge on any atom is -0.309 e. The van der Waals surface area contributed by atoms with Gasteiger partial charge in [-0.3, -0.25) is 0 Å². The standard InChI is InChI=1S/C60H36N4/c1-3-16-46-37(12-1)24-25-39-26-27-41(35-52(39)46)58-51-20-5-8-21-54(51)61-60(62-58)42-14-11-15-44(32-42)63-55-22-9-7-19-49(55)53-34-40-28-30-45(33-43(40)36-57(53)63)64-56-23-10-6-18-48(56)50-31-29-38-13-2-4-17-47(38)59(50)64/h1-36H. The maximum Gasteiger partial charge on any atom is 0.160 e. The second-order valence-corrected chi connectivity index (χ2v) is 17.0. The van der Waals surface area contributed by atoms with Gasteiger partial charge in [0.25, 0.3) is 0 Å². The lowest BCUT2D eigenvalue weighted by molar-refractivity contribution is 1.17. The quantitative estimate of drug-likeness (QED) is 0.166. The van der Waals surface area contributed by atoms with Gasteiger partial charge in [0.1, 0.15) is 0 Å². The Labute approximate surface area is 367 Å². The van der Waals surface area contributed by atoms with Gasteiger partial charge >= 0.3 is 0 Å². The highest BCUT2D eigenvalue weighted by Gasteiger charge is 2.19. The summed E-state index contributed by atoms with van der Waals surface area (Å²) in [5, 5.41) is 15.8. The number of hydrogen-bond donors (Lipinski definition) is 0. The molecule has 0 spiro atoms. The summed E-state index contributed by atoms with van der Waals surface area (Å²) in [5.41, 5.74) is 10.8. The number of rotatable bonds is 4. The summed E-state index contributed by atoms with van der Waals surface area (Å²) in [6.45, 7) is 0. The number of fused-ring (bicyclic) bond motifs is 13. The predicted octanol–water partition coefficient (Wildman–Crippen LogP) is 15.8. The Kier molecular flexibility index (Phi) is 7.36. The molecule has 3 aromatic heterocycles. The zero-order valence-corrected chi connectivity index (χ0v) is 34.6. The highest BCUT2D eigenvalue weighted by molar-refractivity contribution is 6.19. The summed E-state index contributed by atoms with van der Waals surface area (Å²) in [4.78, 5) is 10.6. The third kappa shape index (κ3) is 5.17. The van der Waals surface area contributed by atoms with E-state index in [0.29, 0.717) is 5.82 Å². The Bertz CT molecular complexity index is 4270. The maximum atomic E-state index is 5.39. The van der Waals surface area contributed by atoms with Crippen molar-refractivity contribution in [3.05, 3.63) is 218 Å². The van der Waals surface area contributed by atoms with Crippen LogP contribution in [0.5, 0.6) is 0 Å². The molecule has 0 aliphatic carbocycles. The van der Waals surface area contributed by atoms with E-state index in [2.05, 4.69) is 228 Å². The first kappa shape index (κ1) is 35.0. The molecule has 14 aromatic rings. The van der Waals surface area contributed by atoms with Crippen molar-refractivity contribution >= 4 is 97.6 Å². The van der Waals surface area contributed by atoms with E-state index in [4.69, 9.17) is 9.97 Å². The molecule has 0 N–H and O–H groups in total. The lowest BCUT2D eigenvalue weighted by Gasteiger charge is -2.13. The van der Waals surface area contributed by atoms with Crippen molar-refractivity contribution in [2.24, 2.45) is 0 Å². The van der Waals surface area contributed by atoms with Gasteiger partial charge in [-0.1, -0.05) is 158 Å². The van der Waals surface area contributed by atoms with E-state index in [1.54, 1.807) is 0 Å². The highest BCUT2D eigenvalue weighted by Crippen LogP contribution is 2.40. The largest absolute Gasteiger partial charge is 0.309 e. The summed E-state index contributed by atoms with van der Waals surface area (Å²) in [5.74, 6) is 0.697. The second kappa shape index (κ2) is 13.4. The topological polar surface area (TPSA) is 35.6 Å². The zero-order valence-electron chi connectivity index (χ0n) is 34.6. The fourth-order valence-electron chi connectivity index (χ4n) is 10.5. The molecule has 3 heterocycles. The third-order valence-electron chi connectivity index (χ3n) is 13.4. The highest BCUT2D eigenvalue weighted by atomic mass is 15.0. The molecule has 0 atom stereocenters. The van der Waals surface area contributed by atoms with Crippen molar-refractivity contribution in [1.29, 1.82) is 0 Å². The van der Waals surface area contributed by atoms with Crippen LogP contribution in [0.1, 0.15) is 0 Å². The van der Waals surface area contributed by atoms with E-state index >= 15 is 0 Å². The van der Waals surface area contributed by atoms with Crippen LogP contribution in [0.4, 0.5) is 0 Å². The first-order valence-corrected chi connectivity index (χ1v) is 21.9. The Balaban J connectivity index is 0.954. The molecule has 14 rings (SSSR count). The summed E-state index contributed by atoms with van der Waals surface area (Å²) in [6.07, 6.45) is 0. The van der Waals surface area contributed by atoms with Crippen molar-refractivity contribution in [3.8, 4) is 34.0 Å². The first-order chi connectivity index (χ1) is 31.7. The Hall–Kier alpha value is -8.60. The van der Waals surface area contributed by atoms with Gasteiger partial charge in [0.15, 0.2) is 5.82 Å². The summed E-state index contributed by atoms with van der Waals surface area (Å²) in [7, 11) is 0. The molecule has 0 fully saturated rings. The number of hydrogen-bond acceptors (Lipinski definition) is 2. The average Bonchev–Trinajstić information content (AvgIpc) is 3.87. The Morgan fingerprint density at radius 3 is 1.75 bits per heavy atom. The molecule has 0 amide bonds. The average molecular weight is 813 g/mol. The van der Waals surface area contributed by atoms with E-state index in [-0.39, 0.29) is 0 Å².